The van der Waals surface area contributed by atoms with E-state index in [2.05, 4.69) is 4.98 Å². The number of nitrogens with zero attached hydrogens (tertiary/aromatic N) is 2. The van der Waals surface area contributed by atoms with E-state index < -0.39 is 11.7 Å². The Balaban J connectivity index is 1.84. The monoisotopic (exact) mass is 264 g/mol. The Morgan fingerprint density at radius 1 is 1.53 bits per heavy atom. The molecule has 1 amide bonds. The Morgan fingerprint density at radius 2 is 2.21 bits per heavy atom. The molecule has 1 aliphatic heterocycles. The molecule has 0 aromatic carbocycles. The highest BCUT2D eigenvalue weighted by Crippen LogP contribution is 2.22. The maximum atomic E-state index is 12.0. The quantitative estimate of drug-likeness (QED) is 0.826. The van der Waals surface area contributed by atoms with E-state index in [-0.39, 0.29) is 12.5 Å². The minimum atomic E-state index is -1.08. The SMILES string of the molecule is C[C@@]1(O)CCN(C(=O)CCc2ccncc2)C[C@H]1O. The highest BCUT2D eigenvalue weighted by molar-refractivity contribution is 5.76. The third-order valence-corrected chi connectivity index (χ3v) is 3.73. The van der Waals surface area contributed by atoms with Crippen LogP contribution in [0.4, 0.5) is 0 Å². The summed E-state index contributed by atoms with van der Waals surface area (Å²) in [6, 6.07) is 3.78. The fourth-order valence-electron chi connectivity index (χ4n) is 2.21. The van der Waals surface area contributed by atoms with E-state index in [1.807, 2.05) is 12.1 Å². The van der Waals surface area contributed by atoms with Crippen LogP contribution in [0.15, 0.2) is 24.5 Å². The van der Waals surface area contributed by atoms with Crippen LogP contribution in [0.2, 0.25) is 0 Å². The van der Waals surface area contributed by atoms with Crippen LogP contribution in [0.5, 0.6) is 0 Å². The molecule has 0 aliphatic carbocycles. The zero-order valence-corrected chi connectivity index (χ0v) is 11.1. The topological polar surface area (TPSA) is 73.7 Å². The maximum absolute atomic E-state index is 12.0. The number of hydrogen-bond donors (Lipinski definition) is 2. The van der Waals surface area contributed by atoms with Gasteiger partial charge in [-0.15, -0.1) is 0 Å². The second-order valence-corrected chi connectivity index (χ2v) is 5.32. The van der Waals surface area contributed by atoms with Crippen molar-refractivity contribution in [1.29, 1.82) is 0 Å². The van der Waals surface area contributed by atoms with Gasteiger partial charge in [-0.05, 0) is 37.5 Å². The van der Waals surface area contributed by atoms with Crippen LogP contribution >= 0.6 is 0 Å². The number of hydrogen-bond acceptors (Lipinski definition) is 4. The molecular weight excluding hydrogens is 244 g/mol. The number of aliphatic hydroxyl groups excluding tert-OH is 1. The summed E-state index contributed by atoms with van der Waals surface area (Å²) in [6.07, 6.45) is 4.05. The molecule has 1 aromatic rings. The smallest absolute Gasteiger partial charge is 0.222 e. The molecule has 0 bridgehead atoms. The molecule has 0 spiro atoms. The number of piperidine rings is 1. The van der Waals surface area contributed by atoms with E-state index in [1.54, 1.807) is 24.2 Å². The fraction of sp³-hybridized carbons (Fsp3) is 0.571. The van der Waals surface area contributed by atoms with Crippen LogP contribution in [0.1, 0.15) is 25.3 Å². The molecular formula is C14H20N2O3. The van der Waals surface area contributed by atoms with Crippen LogP contribution in [-0.2, 0) is 11.2 Å². The van der Waals surface area contributed by atoms with Gasteiger partial charge < -0.3 is 15.1 Å². The minimum absolute atomic E-state index is 0.0198. The van der Waals surface area contributed by atoms with Gasteiger partial charge in [0.05, 0.1) is 11.7 Å². The Labute approximate surface area is 112 Å². The number of carbonyl (C=O) groups excluding carboxylic acids is 1. The van der Waals surface area contributed by atoms with Gasteiger partial charge >= 0.3 is 0 Å². The number of pyridine rings is 1. The van der Waals surface area contributed by atoms with Crippen LogP contribution < -0.4 is 0 Å². The predicted octanol–water partition coefficient (Wildman–Crippen LogP) is 0.358. The number of aryl methyl sites for hydroxylation is 1. The lowest BCUT2D eigenvalue weighted by atomic mass is 9.90. The Bertz CT molecular complexity index is 434. The normalized spacial score (nSPS) is 27.3. The van der Waals surface area contributed by atoms with Crippen molar-refractivity contribution < 1.29 is 15.0 Å². The van der Waals surface area contributed by atoms with E-state index in [0.29, 0.717) is 25.8 Å². The molecule has 2 atom stereocenters. The highest BCUT2D eigenvalue weighted by Gasteiger charge is 2.37. The molecule has 5 nitrogen and oxygen atoms in total. The number of amides is 1. The third kappa shape index (κ3) is 3.52. The van der Waals surface area contributed by atoms with Gasteiger partial charge in [0.2, 0.25) is 5.91 Å². The molecule has 2 heterocycles. The molecule has 1 saturated heterocycles. The maximum Gasteiger partial charge on any atom is 0.222 e. The third-order valence-electron chi connectivity index (χ3n) is 3.73. The molecule has 2 N–H and O–H groups in total. The predicted molar refractivity (Wildman–Crippen MR) is 70.4 cm³/mol. The number of aliphatic hydroxyl groups is 2. The molecule has 2 rings (SSSR count). The Kier molecular flexibility index (Phi) is 4.17. The van der Waals surface area contributed by atoms with Gasteiger partial charge in [0.25, 0.3) is 0 Å². The number of aromatic nitrogens is 1. The summed E-state index contributed by atoms with van der Waals surface area (Å²) in [7, 11) is 0. The lowest BCUT2D eigenvalue weighted by Crippen LogP contribution is -2.55. The van der Waals surface area contributed by atoms with E-state index in [0.717, 1.165) is 5.56 Å². The van der Waals surface area contributed by atoms with Crippen molar-refractivity contribution in [3.05, 3.63) is 30.1 Å². The largest absolute Gasteiger partial charge is 0.388 e. The summed E-state index contributed by atoms with van der Waals surface area (Å²) in [5, 5.41) is 19.6. The molecule has 5 heteroatoms. The molecule has 1 fully saturated rings. The molecule has 1 aliphatic rings. The summed E-state index contributed by atoms with van der Waals surface area (Å²) < 4.78 is 0. The van der Waals surface area contributed by atoms with Gasteiger partial charge in [-0.2, -0.15) is 0 Å². The first kappa shape index (κ1) is 14.0. The van der Waals surface area contributed by atoms with Crippen molar-refractivity contribution in [2.75, 3.05) is 13.1 Å². The van der Waals surface area contributed by atoms with Crippen molar-refractivity contribution in [1.82, 2.24) is 9.88 Å². The lowest BCUT2D eigenvalue weighted by Gasteiger charge is -2.40. The zero-order chi connectivity index (χ0) is 13.9. The number of rotatable bonds is 3. The van der Waals surface area contributed by atoms with Crippen molar-refractivity contribution >= 4 is 5.91 Å². The van der Waals surface area contributed by atoms with E-state index in [4.69, 9.17) is 0 Å². The first-order chi connectivity index (χ1) is 8.99. The van der Waals surface area contributed by atoms with Crippen LogP contribution in [-0.4, -0.2) is 50.8 Å². The number of carbonyl (C=O) groups is 1. The molecule has 0 radical (unpaired) electrons. The van der Waals surface area contributed by atoms with Gasteiger partial charge in [-0.3, -0.25) is 9.78 Å². The molecule has 19 heavy (non-hydrogen) atoms. The Morgan fingerprint density at radius 3 is 2.84 bits per heavy atom. The number of β-amino-alcohol motifs (C(OH)–C–C–N with tert-alkyl or cyclic N) is 1. The molecule has 104 valence electrons. The van der Waals surface area contributed by atoms with Gasteiger partial charge in [-0.1, -0.05) is 0 Å². The summed E-state index contributed by atoms with van der Waals surface area (Å²) in [6.45, 7) is 2.32. The Hall–Kier alpha value is -1.46. The summed E-state index contributed by atoms with van der Waals surface area (Å²) >= 11 is 0. The van der Waals surface area contributed by atoms with Gasteiger partial charge in [0, 0.05) is 31.9 Å². The second-order valence-electron chi connectivity index (χ2n) is 5.32. The van der Waals surface area contributed by atoms with Crippen LogP contribution in [0.25, 0.3) is 0 Å². The first-order valence-corrected chi connectivity index (χ1v) is 6.56. The molecule has 1 aromatic heterocycles. The average Bonchev–Trinajstić information content (AvgIpc) is 2.40. The van der Waals surface area contributed by atoms with Gasteiger partial charge in [0.1, 0.15) is 0 Å². The summed E-state index contributed by atoms with van der Waals surface area (Å²) in [5.41, 5.74) is -0.00471. The van der Waals surface area contributed by atoms with Crippen molar-refractivity contribution in [3.8, 4) is 0 Å². The highest BCUT2D eigenvalue weighted by atomic mass is 16.3. The average molecular weight is 264 g/mol. The summed E-state index contributed by atoms with van der Waals surface area (Å²) in [4.78, 5) is 17.6. The minimum Gasteiger partial charge on any atom is -0.388 e. The van der Waals surface area contributed by atoms with Crippen molar-refractivity contribution in [2.45, 2.75) is 37.9 Å². The van der Waals surface area contributed by atoms with Crippen molar-refractivity contribution in [2.24, 2.45) is 0 Å². The fourth-order valence-corrected chi connectivity index (χ4v) is 2.21. The standard InChI is InChI=1S/C14H20N2O3/c1-14(19)6-9-16(10-12(14)17)13(18)3-2-11-4-7-15-8-5-11/h4-5,7-8,12,17,19H,2-3,6,9-10H2,1H3/t12-,14-/m1/s1. The zero-order valence-electron chi connectivity index (χ0n) is 11.1. The molecule has 0 saturated carbocycles. The van der Waals surface area contributed by atoms with Gasteiger partial charge in [-0.25, -0.2) is 0 Å². The second kappa shape index (κ2) is 5.67. The van der Waals surface area contributed by atoms with Crippen molar-refractivity contribution in [3.63, 3.8) is 0 Å². The van der Waals surface area contributed by atoms with E-state index >= 15 is 0 Å². The number of likely N-dealkylation sites (tertiary alicyclic amines) is 1. The van der Waals surface area contributed by atoms with E-state index in [1.165, 1.54) is 0 Å². The molecule has 0 unspecified atom stereocenters. The van der Waals surface area contributed by atoms with Crippen LogP contribution in [0.3, 0.4) is 0 Å². The van der Waals surface area contributed by atoms with Crippen LogP contribution in [0, 0.1) is 0 Å². The first-order valence-electron chi connectivity index (χ1n) is 6.56. The van der Waals surface area contributed by atoms with E-state index in [9.17, 15) is 15.0 Å². The lowest BCUT2D eigenvalue weighted by molar-refractivity contribution is -0.146. The van der Waals surface area contributed by atoms with Gasteiger partial charge in [0.15, 0.2) is 0 Å². The summed E-state index contributed by atoms with van der Waals surface area (Å²) in [5.74, 6) is 0.0198.